The van der Waals surface area contributed by atoms with E-state index in [0.29, 0.717) is 6.73 Å². The first kappa shape index (κ1) is 9.21. The highest BCUT2D eigenvalue weighted by Crippen LogP contribution is 2.14. The van der Waals surface area contributed by atoms with Gasteiger partial charge in [0.05, 0.1) is 11.0 Å². The number of para-hydroxylation sites is 2. The van der Waals surface area contributed by atoms with Crippen LogP contribution in [0.4, 0.5) is 0 Å². The van der Waals surface area contributed by atoms with Gasteiger partial charge in [-0.1, -0.05) is 12.1 Å². The molecule has 0 fully saturated rings. The van der Waals surface area contributed by atoms with Crippen LogP contribution in [-0.4, -0.2) is 16.2 Å². The van der Waals surface area contributed by atoms with Gasteiger partial charge in [0, 0.05) is 6.61 Å². The van der Waals surface area contributed by atoms with Crippen LogP contribution in [0.5, 0.6) is 0 Å². The lowest BCUT2D eigenvalue weighted by molar-refractivity contribution is 0.0891. The van der Waals surface area contributed by atoms with E-state index in [1.807, 2.05) is 32.0 Å². The quantitative estimate of drug-likeness (QED) is 0.742. The fraction of sp³-hybridized carbons (Fsp3) is 0.364. The molecule has 0 unspecified atom stereocenters. The molecule has 2 rings (SSSR count). The summed E-state index contributed by atoms with van der Waals surface area (Å²) < 4.78 is 7.47. The van der Waals surface area contributed by atoms with Gasteiger partial charge in [0.2, 0.25) is 0 Å². The SMILES string of the molecule is CCOCn1c(C)nc2ccccc21. The fourth-order valence-electron chi connectivity index (χ4n) is 1.54. The Hall–Kier alpha value is -1.35. The van der Waals surface area contributed by atoms with Crippen LogP contribution in [0.3, 0.4) is 0 Å². The van der Waals surface area contributed by atoms with Crippen LogP contribution in [-0.2, 0) is 11.5 Å². The van der Waals surface area contributed by atoms with Crippen molar-refractivity contribution in [2.24, 2.45) is 0 Å². The molecule has 0 bridgehead atoms. The summed E-state index contributed by atoms with van der Waals surface area (Å²) in [5.41, 5.74) is 2.17. The van der Waals surface area contributed by atoms with E-state index < -0.39 is 0 Å². The number of hydrogen-bond donors (Lipinski definition) is 0. The molecule has 0 saturated carbocycles. The molecule has 3 heteroatoms. The second-order valence-electron chi connectivity index (χ2n) is 3.20. The highest BCUT2D eigenvalue weighted by Gasteiger charge is 2.04. The Labute approximate surface area is 83.3 Å². The maximum atomic E-state index is 5.39. The maximum Gasteiger partial charge on any atom is 0.124 e. The number of ether oxygens (including phenoxy) is 1. The van der Waals surface area contributed by atoms with E-state index in [2.05, 4.69) is 15.6 Å². The molecule has 0 saturated heterocycles. The number of rotatable bonds is 3. The molecule has 74 valence electrons. The molecular formula is C11H14N2O. The Morgan fingerprint density at radius 1 is 1.36 bits per heavy atom. The monoisotopic (exact) mass is 190 g/mol. The lowest BCUT2D eigenvalue weighted by Crippen LogP contribution is -2.03. The fourth-order valence-corrected chi connectivity index (χ4v) is 1.54. The molecule has 0 radical (unpaired) electrons. The standard InChI is InChI=1S/C11H14N2O/c1-3-14-8-13-9(2)12-10-6-4-5-7-11(10)13/h4-7H,3,8H2,1-2H3. The van der Waals surface area contributed by atoms with Gasteiger partial charge < -0.3 is 9.30 Å². The first-order chi connectivity index (χ1) is 6.83. The topological polar surface area (TPSA) is 27.1 Å². The van der Waals surface area contributed by atoms with Gasteiger partial charge in [-0.25, -0.2) is 4.98 Å². The van der Waals surface area contributed by atoms with Gasteiger partial charge >= 0.3 is 0 Å². The molecule has 0 atom stereocenters. The summed E-state index contributed by atoms with van der Waals surface area (Å²) in [5, 5.41) is 0. The first-order valence-corrected chi connectivity index (χ1v) is 4.82. The smallest absolute Gasteiger partial charge is 0.124 e. The Morgan fingerprint density at radius 3 is 2.93 bits per heavy atom. The Balaban J connectivity index is 2.45. The summed E-state index contributed by atoms with van der Waals surface area (Å²) in [6.45, 7) is 5.31. The minimum absolute atomic E-state index is 0.586. The number of imidazole rings is 1. The maximum absolute atomic E-state index is 5.39. The molecule has 0 amide bonds. The highest BCUT2D eigenvalue weighted by atomic mass is 16.5. The molecule has 1 aromatic carbocycles. The van der Waals surface area contributed by atoms with Gasteiger partial charge in [-0.05, 0) is 26.0 Å². The van der Waals surface area contributed by atoms with E-state index in [1.165, 1.54) is 0 Å². The van der Waals surface area contributed by atoms with E-state index in [0.717, 1.165) is 23.5 Å². The normalized spacial score (nSPS) is 11.0. The average molecular weight is 190 g/mol. The Kier molecular flexibility index (Phi) is 2.50. The van der Waals surface area contributed by atoms with Gasteiger partial charge in [-0.15, -0.1) is 0 Å². The minimum atomic E-state index is 0.586. The molecule has 0 aliphatic rings. The van der Waals surface area contributed by atoms with Gasteiger partial charge in [0.1, 0.15) is 12.6 Å². The Bertz CT molecular complexity index is 434. The van der Waals surface area contributed by atoms with Crippen molar-refractivity contribution in [1.82, 2.24) is 9.55 Å². The van der Waals surface area contributed by atoms with E-state index >= 15 is 0 Å². The van der Waals surface area contributed by atoms with Gasteiger partial charge in [0.15, 0.2) is 0 Å². The van der Waals surface area contributed by atoms with Gasteiger partial charge in [-0.3, -0.25) is 0 Å². The predicted molar refractivity (Wildman–Crippen MR) is 56.1 cm³/mol. The number of fused-ring (bicyclic) bond motifs is 1. The summed E-state index contributed by atoms with van der Waals surface area (Å²) >= 11 is 0. The number of hydrogen-bond acceptors (Lipinski definition) is 2. The van der Waals surface area contributed by atoms with Gasteiger partial charge in [-0.2, -0.15) is 0 Å². The first-order valence-electron chi connectivity index (χ1n) is 4.82. The second kappa shape index (κ2) is 3.80. The molecular weight excluding hydrogens is 176 g/mol. The van der Waals surface area contributed by atoms with Crippen LogP contribution in [0.15, 0.2) is 24.3 Å². The number of aromatic nitrogens is 2. The Morgan fingerprint density at radius 2 is 2.14 bits per heavy atom. The summed E-state index contributed by atoms with van der Waals surface area (Å²) in [7, 11) is 0. The molecule has 0 N–H and O–H groups in total. The third kappa shape index (κ3) is 1.51. The van der Waals surface area contributed by atoms with E-state index in [-0.39, 0.29) is 0 Å². The molecule has 14 heavy (non-hydrogen) atoms. The third-order valence-corrected chi connectivity index (χ3v) is 2.27. The van der Waals surface area contributed by atoms with Crippen molar-refractivity contribution in [2.45, 2.75) is 20.6 Å². The summed E-state index contributed by atoms with van der Waals surface area (Å²) in [6.07, 6.45) is 0. The molecule has 2 aromatic rings. The van der Waals surface area contributed by atoms with Crippen molar-refractivity contribution in [2.75, 3.05) is 6.61 Å². The van der Waals surface area contributed by atoms with Crippen LogP contribution in [0.25, 0.3) is 11.0 Å². The van der Waals surface area contributed by atoms with Crippen molar-refractivity contribution in [3.05, 3.63) is 30.1 Å². The summed E-state index contributed by atoms with van der Waals surface area (Å²) in [4.78, 5) is 4.45. The molecule has 3 nitrogen and oxygen atoms in total. The number of benzene rings is 1. The van der Waals surface area contributed by atoms with E-state index in [4.69, 9.17) is 4.74 Å². The second-order valence-corrected chi connectivity index (χ2v) is 3.20. The molecule has 0 aliphatic carbocycles. The molecule has 0 aliphatic heterocycles. The molecule has 1 aromatic heterocycles. The van der Waals surface area contributed by atoms with Crippen molar-refractivity contribution in [3.63, 3.8) is 0 Å². The zero-order valence-corrected chi connectivity index (χ0v) is 8.53. The number of aryl methyl sites for hydroxylation is 1. The zero-order chi connectivity index (χ0) is 9.97. The minimum Gasteiger partial charge on any atom is -0.361 e. The highest BCUT2D eigenvalue weighted by molar-refractivity contribution is 5.75. The van der Waals surface area contributed by atoms with Crippen LogP contribution in [0, 0.1) is 6.92 Å². The predicted octanol–water partition coefficient (Wildman–Crippen LogP) is 2.34. The van der Waals surface area contributed by atoms with Gasteiger partial charge in [0.25, 0.3) is 0 Å². The third-order valence-electron chi connectivity index (χ3n) is 2.27. The van der Waals surface area contributed by atoms with Crippen LogP contribution in [0.1, 0.15) is 12.7 Å². The van der Waals surface area contributed by atoms with E-state index in [9.17, 15) is 0 Å². The molecule has 0 spiro atoms. The van der Waals surface area contributed by atoms with Crippen LogP contribution < -0.4 is 0 Å². The largest absolute Gasteiger partial charge is 0.361 e. The van der Waals surface area contributed by atoms with Crippen molar-refractivity contribution < 1.29 is 4.74 Å². The summed E-state index contributed by atoms with van der Waals surface area (Å²) in [6, 6.07) is 8.10. The van der Waals surface area contributed by atoms with E-state index in [1.54, 1.807) is 0 Å². The average Bonchev–Trinajstić information content (AvgIpc) is 2.51. The van der Waals surface area contributed by atoms with Crippen LogP contribution in [0.2, 0.25) is 0 Å². The lowest BCUT2D eigenvalue weighted by atomic mass is 10.3. The lowest BCUT2D eigenvalue weighted by Gasteiger charge is -2.05. The van der Waals surface area contributed by atoms with Crippen LogP contribution >= 0.6 is 0 Å². The van der Waals surface area contributed by atoms with Crippen molar-refractivity contribution in [1.29, 1.82) is 0 Å². The van der Waals surface area contributed by atoms with Crippen molar-refractivity contribution >= 4 is 11.0 Å². The summed E-state index contributed by atoms with van der Waals surface area (Å²) in [5.74, 6) is 1.000. The number of nitrogens with zero attached hydrogens (tertiary/aromatic N) is 2. The van der Waals surface area contributed by atoms with Crippen molar-refractivity contribution in [3.8, 4) is 0 Å². The zero-order valence-electron chi connectivity index (χ0n) is 8.53. The molecule has 1 heterocycles.